The van der Waals surface area contributed by atoms with E-state index >= 15 is 0 Å². The zero-order chi connectivity index (χ0) is 14.4. The van der Waals surface area contributed by atoms with Gasteiger partial charge in [-0.15, -0.1) is 0 Å². The van der Waals surface area contributed by atoms with Crippen LogP contribution in [0.3, 0.4) is 0 Å². The first kappa shape index (κ1) is 15.9. The van der Waals surface area contributed by atoms with Crippen LogP contribution in [0.4, 0.5) is 0 Å². The number of piperidine rings is 1. The molecule has 2 N–H and O–H groups in total. The Morgan fingerprint density at radius 2 is 1.95 bits per heavy atom. The summed E-state index contributed by atoms with van der Waals surface area (Å²) in [7, 11) is 1.72. The summed E-state index contributed by atoms with van der Waals surface area (Å²) in [6.07, 6.45) is 1.84. The van der Waals surface area contributed by atoms with Gasteiger partial charge in [-0.1, -0.05) is 6.92 Å². The molecular formula is C13H25N3O3. The second-order valence-electron chi connectivity index (χ2n) is 4.84. The van der Waals surface area contributed by atoms with Gasteiger partial charge in [0, 0.05) is 26.2 Å². The van der Waals surface area contributed by atoms with Crippen LogP contribution >= 0.6 is 0 Å². The Kier molecular flexibility index (Phi) is 6.24. The standard InChI is InChI=1S/C13H25N3O3/c1-4-16-8-6-10(7-9-16)15(3)12(17)11(14)13(18)19-5-2/h10-11H,4-9,14H2,1-3H3. The maximum atomic E-state index is 12.1. The number of hydrogen-bond donors (Lipinski definition) is 1. The molecule has 0 saturated carbocycles. The number of likely N-dealkylation sites (N-methyl/N-ethyl adjacent to an activating group) is 1. The van der Waals surface area contributed by atoms with E-state index in [9.17, 15) is 9.59 Å². The highest BCUT2D eigenvalue weighted by Crippen LogP contribution is 2.15. The number of carbonyl (C=O) groups excluding carboxylic acids is 2. The van der Waals surface area contributed by atoms with Gasteiger partial charge in [0.15, 0.2) is 6.04 Å². The van der Waals surface area contributed by atoms with E-state index in [0.29, 0.717) is 0 Å². The zero-order valence-corrected chi connectivity index (χ0v) is 12.1. The van der Waals surface area contributed by atoms with Gasteiger partial charge in [0.2, 0.25) is 0 Å². The fraction of sp³-hybridized carbons (Fsp3) is 0.846. The lowest BCUT2D eigenvalue weighted by Crippen LogP contribution is -2.53. The molecule has 6 nitrogen and oxygen atoms in total. The maximum absolute atomic E-state index is 12.1. The monoisotopic (exact) mass is 271 g/mol. The topological polar surface area (TPSA) is 75.9 Å². The summed E-state index contributed by atoms with van der Waals surface area (Å²) < 4.78 is 4.78. The van der Waals surface area contributed by atoms with Gasteiger partial charge < -0.3 is 20.3 Å². The molecule has 110 valence electrons. The van der Waals surface area contributed by atoms with Gasteiger partial charge >= 0.3 is 5.97 Å². The third-order valence-corrected chi connectivity index (χ3v) is 3.71. The van der Waals surface area contributed by atoms with E-state index in [-0.39, 0.29) is 18.6 Å². The molecule has 1 unspecified atom stereocenters. The number of rotatable bonds is 5. The molecule has 1 rings (SSSR count). The van der Waals surface area contributed by atoms with E-state index in [1.54, 1.807) is 18.9 Å². The van der Waals surface area contributed by atoms with E-state index in [2.05, 4.69) is 11.8 Å². The fourth-order valence-electron chi connectivity index (χ4n) is 2.36. The van der Waals surface area contributed by atoms with Gasteiger partial charge in [-0.2, -0.15) is 0 Å². The van der Waals surface area contributed by atoms with Crippen LogP contribution in [0.2, 0.25) is 0 Å². The Labute approximate surface area is 114 Å². The van der Waals surface area contributed by atoms with Crippen LogP contribution in [-0.4, -0.2) is 67.0 Å². The second-order valence-corrected chi connectivity index (χ2v) is 4.84. The molecule has 1 amide bonds. The molecule has 1 atom stereocenters. The van der Waals surface area contributed by atoms with Crippen LogP contribution in [0.15, 0.2) is 0 Å². The minimum absolute atomic E-state index is 0.163. The number of nitrogens with zero attached hydrogens (tertiary/aromatic N) is 2. The predicted molar refractivity (Wildman–Crippen MR) is 72.5 cm³/mol. The molecule has 1 saturated heterocycles. The number of carbonyl (C=O) groups is 2. The molecule has 0 aromatic rings. The summed E-state index contributed by atoms with van der Waals surface area (Å²) in [5.74, 6) is -1.00. The van der Waals surface area contributed by atoms with Crippen molar-refractivity contribution in [3.63, 3.8) is 0 Å². The highest BCUT2D eigenvalue weighted by atomic mass is 16.5. The molecule has 0 aromatic carbocycles. The van der Waals surface area contributed by atoms with Crippen molar-refractivity contribution in [3.05, 3.63) is 0 Å². The van der Waals surface area contributed by atoms with E-state index in [0.717, 1.165) is 32.5 Å². The van der Waals surface area contributed by atoms with Crippen molar-refractivity contribution in [2.24, 2.45) is 5.73 Å². The second kappa shape index (κ2) is 7.45. The Bertz CT molecular complexity index is 314. The summed E-state index contributed by atoms with van der Waals surface area (Å²) in [4.78, 5) is 27.5. The van der Waals surface area contributed by atoms with Crippen LogP contribution in [0.1, 0.15) is 26.7 Å². The highest BCUT2D eigenvalue weighted by molar-refractivity contribution is 6.01. The van der Waals surface area contributed by atoms with Crippen LogP contribution in [0.5, 0.6) is 0 Å². The van der Waals surface area contributed by atoms with E-state index in [1.807, 2.05) is 0 Å². The first-order valence-electron chi connectivity index (χ1n) is 6.92. The van der Waals surface area contributed by atoms with Crippen LogP contribution in [0.25, 0.3) is 0 Å². The summed E-state index contributed by atoms with van der Waals surface area (Å²) >= 11 is 0. The quantitative estimate of drug-likeness (QED) is 0.554. The van der Waals surface area contributed by atoms with Crippen molar-refractivity contribution in [2.75, 3.05) is 33.3 Å². The summed E-state index contributed by atoms with van der Waals surface area (Å²) in [6, 6.07) is -1.04. The number of likely N-dealkylation sites (tertiary alicyclic amines) is 1. The molecule has 1 aliphatic heterocycles. The molecule has 0 aliphatic carbocycles. The van der Waals surface area contributed by atoms with Gasteiger partial charge in [-0.05, 0) is 26.3 Å². The lowest BCUT2D eigenvalue weighted by atomic mass is 10.0. The molecule has 0 aromatic heterocycles. The number of esters is 1. The molecule has 1 fully saturated rings. The van der Waals surface area contributed by atoms with Crippen molar-refractivity contribution in [1.82, 2.24) is 9.80 Å². The summed E-state index contributed by atoms with van der Waals surface area (Å²) in [5.41, 5.74) is 5.63. The highest BCUT2D eigenvalue weighted by Gasteiger charge is 2.31. The van der Waals surface area contributed by atoms with E-state index in [4.69, 9.17) is 10.5 Å². The van der Waals surface area contributed by atoms with Gasteiger partial charge in [0.25, 0.3) is 5.91 Å². The van der Waals surface area contributed by atoms with E-state index in [1.165, 1.54) is 0 Å². The first-order chi connectivity index (χ1) is 9.01. The SMILES string of the molecule is CCOC(=O)C(N)C(=O)N(C)C1CCN(CC)CC1. The Morgan fingerprint density at radius 1 is 1.37 bits per heavy atom. The third kappa shape index (κ3) is 4.18. The zero-order valence-electron chi connectivity index (χ0n) is 12.1. The van der Waals surface area contributed by atoms with Gasteiger partial charge in [-0.3, -0.25) is 4.79 Å². The van der Waals surface area contributed by atoms with Crippen molar-refractivity contribution in [2.45, 2.75) is 38.8 Å². The minimum atomic E-state index is -1.20. The number of ether oxygens (including phenoxy) is 1. The Balaban J connectivity index is 2.50. The Hall–Kier alpha value is -1.14. The number of nitrogens with two attached hydrogens (primary N) is 1. The first-order valence-corrected chi connectivity index (χ1v) is 6.92. The molecule has 0 radical (unpaired) electrons. The summed E-state index contributed by atoms with van der Waals surface area (Å²) in [5, 5.41) is 0. The van der Waals surface area contributed by atoms with Crippen molar-refractivity contribution in [3.8, 4) is 0 Å². The fourth-order valence-corrected chi connectivity index (χ4v) is 2.36. The average molecular weight is 271 g/mol. The molecule has 1 heterocycles. The third-order valence-electron chi connectivity index (χ3n) is 3.71. The molecule has 0 bridgehead atoms. The summed E-state index contributed by atoms with van der Waals surface area (Å²) in [6.45, 7) is 7.05. The van der Waals surface area contributed by atoms with Crippen LogP contribution in [0, 0.1) is 0 Å². The van der Waals surface area contributed by atoms with Crippen molar-refractivity contribution >= 4 is 11.9 Å². The average Bonchev–Trinajstić information content (AvgIpc) is 2.45. The lowest BCUT2D eigenvalue weighted by Gasteiger charge is -2.36. The molecule has 1 aliphatic rings. The van der Waals surface area contributed by atoms with Crippen LogP contribution in [-0.2, 0) is 14.3 Å². The minimum Gasteiger partial charge on any atom is -0.464 e. The lowest BCUT2D eigenvalue weighted by molar-refractivity contribution is -0.151. The molecule has 0 spiro atoms. The van der Waals surface area contributed by atoms with Crippen LogP contribution < -0.4 is 5.73 Å². The van der Waals surface area contributed by atoms with Gasteiger partial charge in [0.05, 0.1) is 6.61 Å². The normalized spacial score (nSPS) is 18.9. The van der Waals surface area contributed by atoms with Crippen molar-refractivity contribution < 1.29 is 14.3 Å². The number of hydrogen-bond acceptors (Lipinski definition) is 5. The molecular weight excluding hydrogens is 246 g/mol. The Morgan fingerprint density at radius 3 is 2.42 bits per heavy atom. The predicted octanol–water partition coefficient (Wildman–Crippen LogP) is -0.180. The van der Waals surface area contributed by atoms with Gasteiger partial charge in [-0.25, -0.2) is 4.79 Å². The van der Waals surface area contributed by atoms with E-state index < -0.39 is 12.0 Å². The molecule has 6 heteroatoms. The smallest absolute Gasteiger partial charge is 0.332 e. The number of amides is 1. The molecule has 19 heavy (non-hydrogen) atoms. The largest absolute Gasteiger partial charge is 0.464 e. The van der Waals surface area contributed by atoms with Gasteiger partial charge in [0.1, 0.15) is 0 Å². The van der Waals surface area contributed by atoms with Crippen molar-refractivity contribution in [1.29, 1.82) is 0 Å². The maximum Gasteiger partial charge on any atom is 0.332 e.